The molecule has 0 saturated heterocycles. The number of ether oxygens (including phenoxy) is 2. The monoisotopic (exact) mass is 291 g/mol. The number of nitro groups is 1. The van der Waals surface area contributed by atoms with Crippen molar-refractivity contribution in [2.75, 3.05) is 0 Å². The molecule has 7 heteroatoms. The zero-order valence-corrected chi connectivity index (χ0v) is 11.2. The Morgan fingerprint density at radius 2 is 1.71 bits per heavy atom. The fourth-order valence-corrected chi connectivity index (χ4v) is 1.95. The van der Waals surface area contributed by atoms with Gasteiger partial charge in [0, 0.05) is 25.5 Å². The minimum Gasteiger partial charge on any atom is -0.458 e. The quantitative estimate of drug-likeness (QED) is 0.364. The summed E-state index contributed by atoms with van der Waals surface area (Å²) in [7, 11) is 0. The van der Waals surface area contributed by atoms with E-state index in [4.69, 9.17) is 9.47 Å². The van der Waals surface area contributed by atoms with Crippen LogP contribution in [0.25, 0.3) is 0 Å². The summed E-state index contributed by atoms with van der Waals surface area (Å²) in [5, 5.41) is 10.5. The Labute approximate surface area is 120 Å². The van der Waals surface area contributed by atoms with Gasteiger partial charge in [-0.1, -0.05) is 0 Å². The van der Waals surface area contributed by atoms with E-state index >= 15 is 0 Å². The number of esters is 2. The molecule has 0 radical (unpaired) electrons. The van der Waals surface area contributed by atoms with E-state index in [1.54, 1.807) is 12.2 Å². The van der Waals surface area contributed by atoms with E-state index in [1.807, 2.05) is 0 Å². The lowest BCUT2D eigenvalue weighted by Crippen LogP contribution is -2.19. The molecule has 21 heavy (non-hydrogen) atoms. The summed E-state index contributed by atoms with van der Waals surface area (Å²) in [4.78, 5) is 32.7. The third-order valence-corrected chi connectivity index (χ3v) is 2.89. The molecular formula is C14H13NO6. The SMILES string of the molecule is CC(=O)O[C@H]1C=C[C@H](OC(=O)c2ccc([N+](=O)[O-])cc2)C1. The predicted octanol–water partition coefficient (Wildman–Crippen LogP) is 2.01. The molecule has 1 aliphatic rings. The van der Waals surface area contributed by atoms with Crippen molar-refractivity contribution in [2.45, 2.75) is 25.6 Å². The molecule has 1 aromatic carbocycles. The fraction of sp³-hybridized carbons (Fsp3) is 0.286. The summed E-state index contributed by atoms with van der Waals surface area (Å²) in [6.07, 6.45) is 2.82. The van der Waals surface area contributed by atoms with Crippen LogP contribution in [0.2, 0.25) is 0 Å². The van der Waals surface area contributed by atoms with Crippen molar-refractivity contribution in [2.24, 2.45) is 0 Å². The summed E-state index contributed by atoms with van der Waals surface area (Å²) in [5.41, 5.74) is 0.132. The Bertz CT molecular complexity index is 592. The molecule has 1 aromatic rings. The maximum absolute atomic E-state index is 11.9. The summed E-state index contributed by atoms with van der Waals surface area (Å²) >= 11 is 0. The highest BCUT2D eigenvalue weighted by atomic mass is 16.6. The molecule has 1 aliphatic carbocycles. The van der Waals surface area contributed by atoms with Crippen molar-refractivity contribution >= 4 is 17.6 Å². The van der Waals surface area contributed by atoms with Gasteiger partial charge in [-0.3, -0.25) is 14.9 Å². The zero-order chi connectivity index (χ0) is 15.4. The first-order valence-electron chi connectivity index (χ1n) is 6.26. The number of rotatable bonds is 4. The lowest BCUT2D eigenvalue weighted by molar-refractivity contribution is -0.384. The van der Waals surface area contributed by atoms with Gasteiger partial charge in [-0.15, -0.1) is 0 Å². The van der Waals surface area contributed by atoms with Crippen molar-refractivity contribution in [3.63, 3.8) is 0 Å². The van der Waals surface area contributed by atoms with E-state index < -0.39 is 29.1 Å². The highest BCUT2D eigenvalue weighted by Crippen LogP contribution is 2.19. The van der Waals surface area contributed by atoms with Crippen LogP contribution in [-0.4, -0.2) is 29.1 Å². The zero-order valence-electron chi connectivity index (χ0n) is 11.2. The number of nitro benzene ring substituents is 1. The molecule has 2 rings (SSSR count). The maximum Gasteiger partial charge on any atom is 0.338 e. The second-order valence-electron chi connectivity index (χ2n) is 4.52. The van der Waals surface area contributed by atoms with Gasteiger partial charge in [0.15, 0.2) is 0 Å². The van der Waals surface area contributed by atoms with Crippen molar-refractivity contribution in [3.8, 4) is 0 Å². The minimum absolute atomic E-state index is 0.0952. The summed E-state index contributed by atoms with van der Waals surface area (Å²) in [6.45, 7) is 1.31. The predicted molar refractivity (Wildman–Crippen MR) is 71.6 cm³/mol. The third-order valence-electron chi connectivity index (χ3n) is 2.89. The van der Waals surface area contributed by atoms with Crippen LogP contribution in [0.3, 0.4) is 0 Å². The number of carbonyl (C=O) groups is 2. The molecule has 0 fully saturated rings. The van der Waals surface area contributed by atoms with Gasteiger partial charge in [0.2, 0.25) is 0 Å². The van der Waals surface area contributed by atoms with Crippen molar-refractivity contribution < 1.29 is 24.0 Å². The molecule has 0 aliphatic heterocycles. The number of non-ortho nitro benzene ring substituents is 1. The van der Waals surface area contributed by atoms with Crippen LogP contribution >= 0.6 is 0 Å². The average Bonchev–Trinajstić information content (AvgIpc) is 2.85. The second kappa shape index (κ2) is 6.17. The van der Waals surface area contributed by atoms with E-state index in [0.717, 1.165) is 0 Å². The first-order valence-corrected chi connectivity index (χ1v) is 6.26. The lowest BCUT2D eigenvalue weighted by Gasteiger charge is -2.13. The Balaban J connectivity index is 1.92. The van der Waals surface area contributed by atoms with E-state index in [-0.39, 0.29) is 11.3 Å². The molecule has 0 unspecified atom stereocenters. The van der Waals surface area contributed by atoms with Crippen LogP contribution in [0.15, 0.2) is 36.4 Å². The van der Waals surface area contributed by atoms with Crippen LogP contribution in [0.4, 0.5) is 5.69 Å². The Morgan fingerprint density at radius 1 is 1.14 bits per heavy atom. The molecule has 0 amide bonds. The number of benzene rings is 1. The van der Waals surface area contributed by atoms with Gasteiger partial charge < -0.3 is 9.47 Å². The molecule has 7 nitrogen and oxygen atoms in total. The number of nitrogens with zero attached hydrogens (tertiary/aromatic N) is 1. The summed E-state index contributed by atoms with van der Waals surface area (Å²) < 4.78 is 10.2. The van der Waals surface area contributed by atoms with Crippen molar-refractivity contribution in [1.82, 2.24) is 0 Å². The largest absolute Gasteiger partial charge is 0.458 e. The van der Waals surface area contributed by atoms with Crippen LogP contribution in [0, 0.1) is 10.1 Å². The van der Waals surface area contributed by atoms with Crippen LogP contribution in [-0.2, 0) is 14.3 Å². The van der Waals surface area contributed by atoms with E-state index in [1.165, 1.54) is 31.2 Å². The lowest BCUT2D eigenvalue weighted by atomic mass is 10.2. The maximum atomic E-state index is 11.9. The highest BCUT2D eigenvalue weighted by molar-refractivity contribution is 5.89. The number of hydrogen-bond acceptors (Lipinski definition) is 6. The number of carbonyl (C=O) groups excluding carboxylic acids is 2. The smallest absolute Gasteiger partial charge is 0.338 e. The topological polar surface area (TPSA) is 95.7 Å². The summed E-state index contributed by atoms with van der Waals surface area (Å²) in [5.74, 6) is -0.977. The molecular weight excluding hydrogens is 278 g/mol. The van der Waals surface area contributed by atoms with E-state index in [0.29, 0.717) is 6.42 Å². The summed E-state index contributed by atoms with van der Waals surface area (Å²) in [6, 6.07) is 5.15. The van der Waals surface area contributed by atoms with Crippen molar-refractivity contribution in [1.29, 1.82) is 0 Å². The third kappa shape index (κ3) is 3.88. The minimum atomic E-state index is -0.581. The van der Waals surface area contributed by atoms with Gasteiger partial charge in [0.05, 0.1) is 10.5 Å². The standard InChI is InChI=1S/C14H13NO6/c1-9(16)20-12-6-7-13(8-12)21-14(17)10-2-4-11(5-3-10)15(18)19/h2-7,12-13H,8H2,1H3/t12-,13-/m0/s1. The fourth-order valence-electron chi connectivity index (χ4n) is 1.95. The van der Waals surface area contributed by atoms with Gasteiger partial charge in [-0.25, -0.2) is 4.79 Å². The average molecular weight is 291 g/mol. The van der Waals surface area contributed by atoms with E-state index in [2.05, 4.69) is 0 Å². The first-order chi connectivity index (χ1) is 9.95. The van der Waals surface area contributed by atoms with Crippen LogP contribution < -0.4 is 0 Å². The Morgan fingerprint density at radius 3 is 2.24 bits per heavy atom. The molecule has 0 heterocycles. The molecule has 0 bridgehead atoms. The van der Waals surface area contributed by atoms with Gasteiger partial charge in [-0.2, -0.15) is 0 Å². The molecule has 0 spiro atoms. The van der Waals surface area contributed by atoms with Crippen molar-refractivity contribution in [3.05, 3.63) is 52.1 Å². The van der Waals surface area contributed by atoms with Gasteiger partial charge >= 0.3 is 11.9 Å². The molecule has 0 saturated carbocycles. The molecule has 110 valence electrons. The Hall–Kier alpha value is -2.70. The normalized spacial score (nSPS) is 20.0. The van der Waals surface area contributed by atoms with Crippen LogP contribution in [0.5, 0.6) is 0 Å². The molecule has 0 aromatic heterocycles. The Kier molecular flexibility index (Phi) is 4.32. The number of hydrogen-bond donors (Lipinski definition) is 0. The molecule has 2 atom stereocenters. The highest BCUT2D eigenvalue weighted by Gasteiger charge is 2.24. The van der Waals surface area contributed by atoms with E-state index in [9.17, 15) is 19.7 Å². The van der Waals surface area contributed by atoms with Gasteiger partial charge in [0.1, 0.15) is 12.2 Å². The molecule has 0 N–H and O–H groups in total. The van der Waals surface area contributed by atoms with Gasteiger partial charge in [0.25, 0.3) is 5.69 Å². The second-order valence-corrected chi connectivity index (χ2v) is 4.52. The first kappa shape index (κ1) is 14.7. The van der Waals surface area contributed by atoms with Gasteiger partial charge in [-0.05, 0) is 24.3 Å². The van der Waals surface area contributed by atoms with Crippen LogP contribution in [0.1, 0.15) is 23.7 Å².